The van der Waals surface area contributed by atoms with Crippen LogP contribution < -0.4 is 15.4 Å². The zero-order valence-corrected chi connectivity index (χ0v) is 15.6. The van der Waals surface area contributed by atoms with Crippen molar-refractivity contribution in [1.29, 1.82) is 0 Å². The molecule has 142 valence electrons. The van der Waals surface area contributed by atoms with Crippen molar-refractivity contribution in [3.05, 3.63) is 18.2 Å². The molecule has 1 aromatic rings. The van der Waals surface area contributed by atoms with E-state index in [0.29, 0.717) is 23.2 Å². The minimum atomic E-state index is -0.156. The van der Waals surface area contributed by atoms with Crippen LogP contribution in [0.5, 0.6) is 5.75 Å². The number of benzene rings is 1. The molecule has 0 bridgehead atoms. The maximum Gasteiger partial charge on any atom is 0.322 e. The lowest BCUT2D eigenvalue weighted by Gasteiger charge is -2.32. The van der Waals surface area contributed by atoms with Gasteiger partial charge in [0, 0.05) is 31.7 Å². The van der Waals surface area contributed by atoms with Gasteiger partial charge in [-0.05, 0) is 50.6 Å². The maximum absolute atomic E-state index is 12.7. The van der Waals surface area contributed by atoms with Gasteiger partial charge >= 0.3 is 6.03 Å². The summed E-state index contributed by atoms with van der Waals surface area (Å²) in [5.74, 6) is 0.413. The Kier molecular flexibility index (Phi) is 5.98. The highest BCUT2D eigenvalue weighted by Crippen LogP contribution is 2.29. The molecule has 3 rings (SSSR count). The first-order valence-corrected chi connectivity index (χ1v) is 9.32. The average Bonchev–Trinajstić information content (AvgIpc) is 3.12. The standard InChI is InChI=1S/C19H28N4O3/c1-14(24)20-15-6-7-18(26-2)17(12-15)21-19(25)23-11-8-16(13-23)22-9-4-3-5-10-22/h6-7,12,16H,3-5,8-11,13H2,1-2H3,(H,20,24)(H,21,25)/t16-/m0/s1. The van der Waals surface area contributed by atoms with E-state index in [9.17, 15) is 9.59 Å². The number of carbonyl (C=O) groups excluding carboxylic acids is 2. The van der Waals surface area contributed by atoms with Crippen molar-refractivity contribution in [2.24, 2.45) is 0 Å². The van der Waals surface area contributed by atoms with Crippen molar-refractivity contribution in [3.63, 3.8) is 0 Å². The monoisotopic (exact) mass is 360 g/mol. The number of hydrogen-bond acceptors (Lipinski definition) is 4. The van der Waals surface area contributed by atoms with Crippen molar-refractivity contribution in [2.45, 2.75) is 38.6 Å². The van der Waals surface area contributed by atoms with E-state index in [1.165, 1.54) is 26.2 Å². The van der Waals surface area contributed by atoms with Crippen LogP contribution in [0.2, 0.25) is 0 Å². The molecule has 2 saturated heterocycles. The first-order valence-electron chi connectivity index (χ1n) is 9.32. The molecule has 26 heavy (non-hydrogen) atoms. The lowest BCUT2D eigenvalue weighted by atomic mass is 10.1. The van der Waals surface area contributed by atoms with Gasteiger partial charge in [-0.1, -0.05) is 6.42 Å². The molecule has 2 aliphatic rings. The van der Waals surface area contributed by atoms with Crippen molar-refractivity contribution in [1.82, 2.24) is 9.80 Å². The number of nitrogens with one attached hydrogen (secondary N) is 2. The largest absolute Gasteiger partial charge is 0.495 e. The van der Waals surface area contributed by atoms with E-state index in [4.69, 9.17) is 4.74 Å². The first kappa shape index (κ1) is 18.5. The summed E-state index contributed by atoms with van der Waals surface area (Å²) in [5.41, 5.74) is 1.19. The Morgan fingerprint density at radius 1 is 1.12 bits per heavy atom. The van der Waals surface area contributed by atoms with Crippen molar-refractivity contribution < 1.29 is 14.3 Å². The number of carbonyl (C=O) groups is 2. The van der Waals surface area contributed by atoms with Gasteiger partial charge in [0.25, 0.3) is 0 Å². The fourth-order valence-corrected chi connectivity index (χ4v) is 3.79. The molecule has 7 heteroatoms. The van der Waals surface area contributed by atoms with Gasteiger partial charge in [0.1, 0.15) is 5.75 Å². The SMILES string of the molecule is COc1ccc(NC(C)=O)cc1NC(=O)N1CC[C@H](N2CCCCC2)C1. The Morgan fingerprint density at radius 3 is 2.58 bits per heavy atom. The summed E-state index contributed by atoms with van der Waals surface area (Å²) >= 11 is 0. The molecule has 2 heterocycles. The van der Waals surface area contributed by atoms with Gasteiger partial charge in [-0.2, -0.15) is 0 Å². The molecule has 7 nitrogen and oxygen atoms in total. The van der Waals surface area contributed by atoms with Crippen LogP contribution in [-0.4, -0.2) is 61.1 Å². The second-order valence-electron chi connectivity index (χ2n) is 7.01. The summed E-state index contributed by atoms with van der Waals surface area (Å²) in [5, 5.41) is 5.66. The summed E-state index contributed by atoms with van der Waals surface area (Å²) in [6, 6.07) is 5.55. The normalized spacial score (nSPS) is 20.7. The number of urea groups is 1. The summed E-state index contributed by atoms with van der Waals surface area (Å²) in [6.07, 6.45) is 4.86. The molecule has 3 amide bonds. The maximum atomic E-state index is 12.7. The van der Waals surface area contributed by atoms with Crippen LogP contribution in [-0.2, 0) is 4.79 Å². The highest BCUT2D eigenvalue weighted by molar-refractivity contribution is 5.94. The third kappa shape index (κ3) is 4.46. The molecule has 2 N–H and O–H groups in total. The van der Waals surface area contributed by atoms with Crippen LogP contribution in [0.1, 0.15) is 32.6 Å². The lowest BCUT2D eigenvalue weighted by molar-refractivity contribution is -0.114. The number of nitrogens with zero attached hydrogens (tertiary/aromatic N) is 2. The topological polar surface area (TPSA) is 73.9 Å². The van der Waals surface area contributed by atoms with E-state index in [0.717, 1.165) is 32.6 Å². The van der Waals surface area contributed by atoms with Crippen molar-refractivity contribution in [2.75, 3.05) is 43.9 Å². The second-order valence-corrected chi connectivity index (χ2v) is 7.01. The summed E-state index contributed by atoms with van der Waals surface area (Å²) in [7, 11) is 1.56. The van der Waals surface area contributed by atoms with Crippen molar-refractivity contribution >= 4 is 23.3 Å². The van der Waals surface area contributed by atoms with Gasteiger partial charge in [-0.3, -0.25) is 9.69 Å². The summed E-state index contributed by atoms with van der Waals surface area (Å²) in [4.78, 5) is 28.3. The Labute approximate surface area is 154 Å². The molecular weight excluding hydrogens is 332 g/mol. The fourth-order valence-electron chi connectivity index (χ4n) is 3.79. The zero-order chi connectivity index (χ0) is 18.5. The zero-order valence-electron chi connectivity index (χ0n) is 15.6. The average molecular weight is 360 g/mol. The Balaban J connectivity index is 1.63. The molecule has 0 aromatic heterocycles. The molecule has 1 atom stereocenters. The predicted octanol–water partition coefficient (Wildman–Crippen LogP) is 2.75. The number of anilines is 2. The predicted molar refractivity (Wildman–Crippen MR) is 102 cm³/mol. The van der Waals surface area contributed by atoms with Gasteiger partial charge in [0.2, 0.25) is 5.91 Å². The third-order valence-corrected chi connectivity index (χ3v) is 5.12. The quantitative estimate of drug-likeness (QED) is 0.866. The summed E-state index contributed by atoms with van der Waals surface area (Å²) < 4.78 is 5.33. The Morgan fingerprint density at radius 2 is 1.88 bits per heavy atom. The molecule has 0 radical (unpaired) electrons. The van der Waals surface area contributed by atoms with E-state index in [2.05, 4.69) is 15.5 Å². The van der Waals surface area contributed by atoms with Gasteiger partial charge < -0.3 is 20.3 Å². The van der Waals surface area contributed by atoms with Gasteiger partial charge in [-0.25, -0.2) is 4.79 Å². The van der Waals surface area contributed by atoms with E-state index >= 15 is 0 Å². The second kappa shape index (κ2) is 8.40. The molecule has 0 aliphatic carbocycles. The Bertz CT molecular complexity index is 658. The van der Waals surface area contributed by atoms with E-state index < -0.39 is 0 Å². The minimum absolute atomic E-state index is 0.122. The van der Waals surface area contributed by atoms with Crippen molar-refractivity contribution in [3.8, 4) is 5.75 Å². The molecule has 1 aromatic carbocycles. The Hall–Kier alpha value is -2.28. The lowest BCUT2D eigenvalue weighted by Crippen LogP contribution is -2.42. The highest BCUT2D eigenvalue weighted by Gasteiger charge is 2.31. The smallest absolute Gasteiger partial charge is 0.322 e. The van der Waals surface area contributed by atoms with Gasteiger partial charge in [0.15, 0.2) is 0 Å². The molecule has 0 saturated carbocycles. The minimum Gasteiger partial charge on any atom is -0.495 e. The third-order valence-electron chi connectivity index (χ3n) is 5.12. The van der Waals surface area contributed by atoms with E-state index in [-0.39, 0.29) is 11.9 Å². The fraction of sp³-hybridized carbons (Fsp3) is 0.579. The molecule has 0 spiro atoms. The number of likely N-dealkylation sites (tertiary alicyclic amines) is 2. The van der Waals surface area contributed by atoms with Crippen LogP contribution >= 0.6 is 0 Å². The number of amides is 3. The molecule has 2 fully saturated rings. The number of hydrogen-bond donors (Lipinski definition) is 2. The first-order chi connectivity index (χ1) is 12.6. The molecule has 0 unspecified atom stereocenters. The molecule has 2 aliphatic heterocycles. The van der Waals surface area contributed by atoms with Crippen LogP contribution in [0.25, 0.3) is 0 Å². The number of methoxy groups -OCH3 is 1. The van der Waals surface area contributed by atoms with Gasteiger partial charge in [-0.15, -0.1) is 0 Å². The summed E-state index contributed by atoms with van der Waals surface area (Å²) in [6.45, 7) is 5.27. The van der Waals surface area contributed by atoms with Crippen LogP contribution in [0.15, 0.2) is 18.2 Å². The van der Waals surface area contributed by atoms with E-state index in [1.54, 1.807) is 25.3 Å². The molecular formula is C19H28N4O3. The van der Waals surface area contributed by atoms with Crippen LogP contribution in [0.4, 0.5) is 16.2 Å². The van der Waals surface area contributed by atoms with E-state index in [1.807, 2.05) is 4.90 Å². The van der Waals surface area contributed by atoms with Gasteiger partial charge in [0.05, 0.1) is 12.8 Å². The number of rotatable bonds is 4. The van der Waals surface area contributed by atoms with Crippen LogP contribution in [0.3, 0.4) is 0 Å². The van der Waals surface area contributed by atoms with Crippen LogP contribution in [0, 0.1) is 0 Å². The number of piperidine rings is 1. The highest BCUT2D eigenvalue weighted by atomic mass is 16.5. The number of ether oxygens (including phenoxy) is 1.